The fraction of sp³-hybridized carbons (Fsp3) is 1.00. The summed E-state index contributed by atoms with van der Waals surface area (Å²) >= 11 is 0. The monoisotopic (exact) mass is 240 g/mol. The molecule has 1 rings (SSSR count). The second-order valence-electron chi connectivity index (χ2n) is 6.65. The van der Waals surface area contributed by atoms with Crippen LogP contribution in [0.5, 0.6) is 0 Å². The number of hydrogen-bond donors (Lipinski definition) is 1. The lowest BCUT2D eigenvalue weighted by Crippen LogP contribution is -2.42. The highest BCUT2D eigenvalue weighted by molar-refractivity contribution is 4.80. The molecule has 0 saturated carbocycles. The summed E-state index contributed by atoms with van der Waals surface area (Å²) in [6, 6.07) is 1.50. The Bertz CT molecular complexity index is 185. The van der Waals surface area contributed by atoms with Crippen molar-refractivity contribution >= 4 is 0 Å². The molecule has 1 fully saturated rings. The number of rotatable bonds is 7. The summed E-state index contributed by atoms with van der Waals surface area (Å²) in [7, 11) is 2.31. The van der Waals surface area contributed by atoms with E-state index in [0.29, 0.717) is 0 Å². The molecule has 1 N–H and O–H groups in total. The molecule has 1 atom stereocenters. The van der Waals surface area contributed by atoms with Gasteiger partial charge < -0.3 is 10.2 Å². The van der Waals surface area contributed by atoms with Gasteiger partial charge in [0.15, 0.2) is 0 Å². The van der Waals surface area contributed by atoms with Crippen LogP contribution in [0.1, 0.15) is 53.4 Å². The molecule has 0 aliphatic carbocycles. The first-order valence-electron chi connectivity index (χ1n) is 7.42. The summed E-state index contributed by atoms with van der Waals surface area (Å²) in [6.45, 7) is 11.8. The average Bonchev–Trinajstić information content (AvgIpc) is 2.67. The maximum absolute atomic E-state index is 3.61. The lowest BCUT2D eigenvalue weighted by Gasteiger charge is -2.32. The van der Waals surface area contributed by atoms with Crippen molar-refractivity contribution in [3.8, 4) is 0 Å². The Hall–Kier alpha value is -0.0800. The van der Waals surface area contributed by atoms with Crippen LogP contribution in [0.2, 0.25) is 0 Å². The fourth-order valence-corrected chi connectivity index (χ4v) is 2.95. The molecular weight excluding hydrogens is 208 g/mol. The fourth-order valence-electron chi connectivity index (χ4n) is 2.95. The molecule has 17 heavy (non-hydrogen) atoms. The molecular formula is C15H32N2. The number of nitrogens with one attached hydrogen (secondary N) is 1. The third-order valence-electron chi connectivity index (χ3n) is 3.78. The molecule has 1 saturated heterocycles. The van der Waals surface area contributed by atoms with Gasteiger partial charge in [-0.3, -0.25) is 0 Å². The van der Waals surface area contributed by atoms with E-state index in [1.807, 2.05) is 0 Å². The van der Waals surface area contributed by atoms with E-state index in [1.54, 1.807) is 0 Å². The maximum atomic E-state index is 3.61. The predicted octanol–water partition coefficient (Wildman–Crippen LogP) is 3.13. The highest BCUT2D eigenvalue weighted by Gasteiger charge is 2.22. The van der Waals surface area contributed by atoms with Gasteiger partial charge in [-0.2, -0.15) is 0 Å². The molecule has 0 radical (unpaired) electrons. The van der Waals surface area contributed by atoms with Crippen LogP contribution in [0.4, 0.5) is 0 Å². The van der Waals surface area contributed by atoms with E-state index in [9.17, 15) is 0 Å². The van der Waals surface area contributed by atoms with Crippen molar-refractivity contribution < 1.29 is 0 Å². The molecule has 1 heterocycles. The topological polar surface area (TPSA) is 15.3 Å². The Balaban J connectivity index is 2.42. The minimum absolute atomic E-state index is 0.738. The Morgan fingerprint density at radius 2 is 1.71 bits per heavy atom. The van der Waals surface area contributed by atoms with E-state index in [0.717, 1.165) is 23.9 Å². The Morgan fingerprint density at radius 3 is 2.12 bits per heavy atom. The normalized spacial score (nSPS) is 21.4. The van der Waals surface area contributed by atoms with E-state index < -0.39 is 0 Å². The molecule has 0 aromatic rings. The zero-order chi connectivity index (χ0) is 12.8. The number of likely N-dealkylation sites (N-methyl/N-ethyl adjacent to an activating group) is 1. The Kier molecular flexibility index (Phi) is 6.50. The Morgan fingerprint density at radius 1 is 1.12 bits per heavy atom. The lowest BCUT2D eigenvalue weighted by molar-refractivity contribution is 0.173. The van der Waals surface area contributed by atoms with Crippen molar-refractivity contribution in [3.63, 3.8) is 0 Å². The van der Waals surface area contributed by atoms with Crippen LogP contribution in [0, 0.1) is 11.8 Å². The molecule has 2 heteroatoms. The van der Waals surface area contributed by atoms with Crippen molar-refractivity contribution in [2.24, 2.45) is 11.8 Å². The first-order chi connectivity index (χ1) is 7.99. The van der Waals surface area contributed by atoms with Gasteiger partial charge in [0, 0.05) is 18.6 Å². The van der Waals surface area contributed by atoms with Gasteiger partial charge in [-0.05, 0) is 51.1 Å². The van der Waals surface area contributed by atoms with Gasteiger partial charge in [-0.1, -0.05) is 27.7 Å². The van der Waals surface area contributed by atoms with Crippen molar-refractivity contribution in [2.75, 3.05) is 20.1 Å². The van der Waals surface area contributed by atoms with Crippen molar-refractivity contribution in [3.05, 3.63) is 0 Å². The molecule has 1 aliphatic heterocycles. The predicted molar refractivity (Wildman–Crippen MR) is 76.4 cm³/mol. The largest absolute Gasteiger partial charge is 0.313 e. The van der Waals surface area contributed by atoms with Crippen LogP contribution in [0.3, 0.4) is 0 Å². The molecule has 0 spiro atoms. The van der Waals surface area contributed by atoms with Crippen LogP contribution in [-0.2, 0) is 0 Å². The summed E-state index contributed by atoms with van der Waals surface area (Å²) in [5, 5.41) is 3.61. The zero-order valence-electron chi connectivity index (χ0n) is 12.5. The van der Waals surface area contributed by atoms with Gasteiger partial charge in [0.05, 0.1) is 0 Å². The lowest BCUT2D eigenvalue weighted by atomic mass is 9.94. The second-order valence-corrected chi connectivity index (χ2v) is 6.65. The molecule has 1 aliphatic rings. The smallest absolute Gasteiger partial charge is 0.0195 e. The van der Waals surface area contributed by atoms with Gasteiger partial charge in [-0.25, -0.2) is 0 Å². The van der Waals surface area contributed by atoms with E-state index in [-0.39, 0.29) is 0 Å². The van der Waals surface area contributed by atoms with E-state index >= 15 is 0 Å². The molecule has 0 aromatic heterocycles. The summed E-state index contributed by atoms with van der Waals surface area (Å²) in [5.74, 6) is 1.61. The maximum Gasteiger partial charge on any atom is 0.0195 e. The minimum Gasteiger partial charge on any atom is -0.313 e. The summed E-state index contributed by atoms with van der Waals surface area (Å²) in [5.41, 5.74) is 0. The highest BCUT2D eigenvalue weighted by Crippen LogP contribution is 2.19. The third-order valence-corrected chi connectivity index (χ3v) is 3.78. The SMILES string of the molecule is CC(C)CC(CC(C)C)N(C)CC1CCCN1. The average molecular weight is 240 g/mol. The van der Waals surface area contributed by atoms with E-state index in [1.165, 1.54) is 38.8 Å². The van der Waals surface area contributed by atoms with Gasteiger partial charge in [0.1, 0.15) is 0 Å². The van der Waals surface area contributed by atoms with Crippen molar-refractivity contribution in [1.82, 2.24) is 10.2 Å². The zero-order valence-corrected chi connectivity index (χ0v) is 12.5. The standard InChI is InChI=1S/C15H32N2/c1-12(2)9-15(10-13(3)4)17(5)11-14-7-6-8-16-14/h12-16H,6-11H2,1-5H3. The van der Waals surface area contributed by atoms with Gasteiger partial charge >= 0.3 is 0 Å². The molecule has 2 nitrogen and oxygen atoms in total. The van der Waals surface area contributed by atoms with Crippen LogP contribution >= 0.6 is 0 Å². The van der Waals surface area contributed by atoms with Gasteiger partial charge in [0.25, 0.3) is 0 Å². The minimum atomic E-state index is 0.738. The quantitative estimate of drug-likeness (QED) is 0.735. The van der Waals surface area contributed by atoms with E-state index in [4.69, 9.17) is 0 Å². The second kappa shape index (κ2) is 7.38. The van der Waals surface area contributed by atoms with Gasteiger partial charge in [0.2, 0.25) is 0 Å². The first-order valence-corrected chi connectivity index (χ1v) is 7.42. The Labute approximate surface area is 108 Å². The van der Waals surface area contributed by atoms with Crippen molar-refractivity contribution in [1.29, 1.82) is 0 Å². The third kappa shape index (κ3) is 5.87. The molecule has 0 amide bonds. The summed E-state index contributed by atoms with van der Waals surface area (Å²) < 4.78 is 0. The van der Waals surface area contributed by atoms with Gasteiger partial charge in [-0.15, -0.1) is 0 Å². The van der Waals surface area contributed by atoms with Crippen LogP contribution in [0.15, 0.2) is 0 Å². The van der Waals surface area contributed by atoms with Crippen molar-refractivity contribution in [2.45, 2.75) is 65.5 Å². The van der Waals surface area contributed by atoms with Crippen LogP contribution in [0.25, 0.3) is 0 Å². The summed E-state index contributed by atoms with van der Waals surface area (Å²) in [6.07, 6.45) is 5.39. The summed E-state index contributed by atoms with van der Waals surface area (Å²) in [4.78, 5) is 2.60. The van der Waals surface area contributed by atoms with Crippen LogP contribution in [-0.4, -0.2) is 37.1 Å². The first kappa shape index (κ1) is 15.0. The molecule has 0 aromatic carbocycles. The highest BCUT2D eigenvalue weighted by atomic mass is 15.2. The van der Waals surface area contributed by atoms with Crippen LogP contribution < -0.4 is 5.32 Å². The molecule has 1 unspecified atom stereocenters. The molecule has 102 valence electrons. The number of nitrogens with zero attached hydrogens (tertiary/aromatic N) is 1. The van der Waals surface area contributed by atoms with E-state index in [2.05, 4.69) is 45.0 Å². The number of hydrogen-bond acceptors (Lipinski definition) is 2. The molecule has 0 bridgehead atoms.